The molecule has 20 heavy (non-hydrogen) atoms. The summed E-state index contributed by atoms with van der Waals surface area (Å²) in [5.41, 5.74) is 3.67. The molecule has 1 aromatic heterocycles. The van der Waals surface area contributed by atoms with E-state index in [1.54, 1.807) is 0 Å². The Morgan fingerprint density at radius 1 is 1.20 bits per heavy atom. The fraction of sp³-hybridized carbons (Fsp3) is 0.412. The second-order valence-electron chi connectivity index (χ2n) is 5.01. The predicted molar refractivity (Wildman–Crippen MR) is 82.7 cm³/mol. The van der Waals surface area contributed by atoms with Crippen molar-refractivity contribution in [3.63, 3.8) is 0 Å². The van der Waals surface area contributed by atoms with E-state index in [4.69, 9.17) is 0 Å². The first kappa shape index (κ1) is 14.7. The van der Waals surface area contributed by atoms with Crippen molar-refractivity contribution in [1.82, 2.24) is 15.3 Å². The summed E-state index contributed by atoms with van der Waals surface area (Å²) in [5.74, 6) is 0.817. The molecule has 1 atom stereocenters. The molecule has 106 valence electrons. The van der Waals surface area contributed by atoms with Gasteiger partial charge in [0.25, 0.3) is 0 Å². The van der Waals surface area contributed by atoms with Crippen molar-refractivity contribution >= 4 is 0 Å². The molecule has 0 amide bonds. The number of benzene rings is 1. The number of hydrogen-bond donors (Lipinski definition) is 1. The van der Waals surface area contributed by atoms with Crippen LogP contribution in [0.25, 0.3) is 0 Å². The van der Waals surface area contributed by atoms with Crippen LogP contribution >= 0.6 is 0 Å². The second-order valence-corrected chi connectivity index (χ2v) is 5.01. The van der Waals surface area contributed by atoms with Gasteiger partial charge >= 0.3 is 0 Å². The summed E-state index contributed by atoms with van der Waals surface area (Å²) in [4.78, 5) is 8.78. The molecule has 1 N–H and O–H groups in total. The Labute approximate surface area is 121 Å². The number of nitrogens with one attached hydrogen (secondary N) is 1. The lowest BCUT2D eigenvalue weighted by atomic mass is 10.00. The lowest BCUT2D eigenvalue weighted by molar-refractivity contribution is 0.583. The minimum atomic E-state index is 0.142. The maximum atomic E-state index is 4.58. The van der Waals surface area contributed by atoms with Gasteiger partial charge in [-0.25, -0.2) is 9.97 Å². The lowest BCUT2D eigenvalue weighted by Crippen LogP contribution is -2.24. The zero-order chi connectivity index (χ0) is 14.4. The highest BCUT2D eigenvalue weighted by molar-refractivity contribution is 5.31. The molecule has 0 fully saturated rings. The first-order valence-corrected chi connectivity index (χ1v) is 7.36. The topological polar surface area (TPSA) is 37.8 Å². The number of aryl methyl sites for hydroxylation is 2. The van der Waals surface area contributed by atoms with E-state index in [2.05, 4.69) is 53.4 Å². The van der Waals surface area contributed by atoms with Crippen molar-refractivity contribution in [2.75, 3.05) is 6.54 Å². The summed E-state index contributed by atoms with van der Waals surface area (Å²) in [6.07, 6.45) is 3.99. The molecule has 0 saturated carbocycles. The van der Waals surface area contributed by atoms with Crippen LogP contribution in [0.3, 0.4) is 0 Å². The number of hydrogen-bond acceptors (Lipinski definition) is 3. The van der Waals surface area contributed by atoms with Gasteiger partial charge in [0.05, 0.1) is 11.7 Å². The van der Waals surface area contributed by atoms with Gasteiger partial charge in [-0.15, -0.1) is 0 Å². The van der Waals surface area contributed by atoms with Crippen molar-refractivity contribution < 1.29 is 0 Å². The quantitative estimate of drug-likeness (QED) is 0.873. The predicted octanol–water partition coefficient (Wildman–Crippen LogP) is 3.44. The van der Waals surface area contributed by atoms with Gasteiger partial charge in [-0.05, 0) is 43.5 Å². The second kappa shape index (κ2) is 7.15. The molecule has 0 aliphatic rings. The van der Waals surface area contributed by atoms with Crippen molar-refractivity contribution in [1.29, 1.82) is 0 Å². The molecule has 3 nitrogen and oxygen atoms in total. The summed E-state index contributed by atoms with van der Waals surface area (Å²) >= 11 is 0. The fourth-order valence-electron chi connectivity index (χ4n) is 2.31. The van der Waals surface area contributed by atoms with Crippen LogP contribution in [0.4, 0.5) is 0 Å². The van der Waals surface area contributed by atoms with E-state index in [9.17, 15) is 0 Å². The van der Waals surface area contributed by atoms with Crippen LogP contribution in [0, 0.1) is 6.92 Å². The Hall–Kier alpha value is -1.74. The molecule has 0 aliphatic carbocycles. The summed E-state index contributed by atoms with van der Waals surface area (Å²) < 4.78 is 0. The van der Waals surface area contributed by atoms with Crippen LogP contribution in [0.2, 0.25) is 0 Å². The highest BCUT2D eigenvalue weighted by Crippen LogP contribution is 2.21. The van der Waals surface area contributed by atoms with E-state index in [0.29, 0.717) is 0 Å². The number of rotatable bonds is 6. The van der Waals surface area contributed by atoms with Gasteiger partial charge in [0.15, 0.2) is 0 Å². The van der Waals surface area contributed by atoms with Crippen molar-refractivity contribution in [3.05, 3.63) is 59.2 Å². The normalized spacial score (nSPS) is 12.3. The molecular formula is C17H23N3. The van der Waals surface area contributed by atoms with Gasteiger partial charge in [0.1, 0.15) is 5.82 Å². The van der Waals surface area contributed by atoms with Crippen LogP contribution in [0.5, 0.6) is 0 Å². The maximum Gasteiger partial charge on any atom is 0.125 e. The molecule has 0 bridgehead atoms. The highest BCUT2D eigenvalue weighted by Gasteiger charge is 2.15. The third-order valence-electron chi connectivity index (χ3n) is 3.38. The average Bonchev–Trinajstić information content (AvgIpc) is 2.48. The van der Waals surface area contributed by atoms with Crippen molar-refractivity contribution in [2.45, 2.75) is 39.7 Å². The molecule has 0 spiro atoms. The summed E-state index contributed by atoms with van der Waals surface area (Å²) in [6.45, 7) is 7.27. The first-order valence-electron chi connectivity index (χ1n) is 7.36. The van der Waals surface area contributed by atoms with Crippen molar-refractivity contribution in [2.24, 2.45) is 0 Å². The third-order valence-corrected chi connectivity index (χ3v) is 3.38. The Morgan fingerprint density at radius 2 is 2.05 bits per heavy atom. The SMILES string of the molecule is CCCNC(c1cccc(CC)c1)c1ccnc(C)n1. The standard InChI is InChI=1S/C17H23N3/c1-4-10-19-17(16-9-11-18-13(3)20-16)15-8-6-7-14(5-2)12-15/h6-9,11-12,17,19H,4-5,10H2,1-3H3. The third kappa shape index (κ3) is 3.64. The molecule has 1 aromatic carbocycles. The van der Waals surface area contributed by atoms with Crippen LogP contribution in [-0.4, -0.2) is 16.5 Å². The molecular weight excluding hydrogens is 246 g/mol. The van der Waals surface area contributed by atoms with E-state index in [1.165, 1.54) is 11.1 Å². The minimum absolute atomic E-state index is 0.142. The lowest BCUT2D eigenvalue weighted by Gasteiger charge is -2.19. The Balaban J connectivity index is 2.35. The molecule has 3 heteroatoms. The van der Waals surface area contributed by atoms with Gasteiger partial charge in [0, 0.05) is 6.20 Å². The van der Waals surface area contributed by atoms with Crippen LogP contribution in [-0.2, 0) is 6.42 Å². The number of aromatic nitrogens is 2. The molecule has 0 saturated heterocycles. The smallest absolute Gasteiger partial charge is 0.125 e. The van der Waals surface area contributed by atoms with E-state index in [0.717, 1.165) is 30.9 Å². The summed E-state index contributed by atoms with van der Waals surface area (Å²) in [5, 5.41) is 3.59. The number of nitrogens with zero attached hydrogens (tertiary/aromatic N) is 2. The molecule has 0 aliphatic heterocycles. The van der Waals surface area contributed by atoms with E-state index in [-0.39, 0.29) is 6.04 Å². The summed E-state index contributed by atoms with van der Waals surface area (Å²) in [6, 6.07) is 10.9. The van der Waals surface area contributed by atoms with Crippen LogP contribution < -0.4 is 5.32 Å². The minimum Gasteiger partial charge on any atom is -0.305 e. The Kier molecular flexibility index (Phi) is 5.24. The van der Waals surface area contributed by atoms with E-state index < -0.39 is 0 Å². The average molecular weight is 269 g/mol. The van der Waals surface area contributed by atoms with E-state index >= 15 is 0 Å². The molecule has 2 rings (SSSR count). The van der Waals surface area contributed by atoms with Gasteiger partial charge in [-0.3, -0.25) is 0 Å². The fourth-order valence-corrected chi connectivity index (χ4v) is 2.31. The highest BCUT2D eigenvalue weighted by atomic mass is 15.0. The van der Waals surface area contributed by atoms with E-state index in [1.807, 2.05) is 19.2 Å². The Morgan fingerprint density at radius 3 is 2.75 bits per heavy atom. The largest absolute Gasteiger partial charge is 0.305 e. The summed E-state index contributed by atoms with van der Waals surface area (Å²) in [7, 11) is 0. The molecule has 2 aromatic rings. The molecule has 0 radical (unpaired) electrons. The maximum absolute atomic E-state index is 4.58. The Bertz CT molecular complexity index is 551. The van der Waals surface area contributed by atoms with Crippen molar-refractivity contribution in [3.8, 4) is 0 Å². The first-order chi connectivity index (χ1) is 9.74. The van der Waals surface area contributed by atoms with Gasteiger partial charge in [0.2, 0.25) is 0 Å². The molecule has 1 heterocycles. The van der Waals surface area contributed by atoms with Gasteiger partial charge < -0.3 is 5.32 Å². The monoisotopic (exact) mass is 269 g/mol. The van der Waals surface area contributed by atoms with Crippen LogP contribution in [0.15, 0.2) is 36.5 Å². The zero-order valence-corrected chi connectivity index (χ0v) is 12.6. The van der Waals surface area contributed by atoms with Crippen LogP contribution in [0.1, 0.15) is 49.0 Å². The molecule has 1 unspecified atom stereocenters. The zero-order valence-electron chi connectivity index (χ0n) is 12.6. The van der Waals surface area contributed by atoms with Gasteiger partial charge in [-0.1, -0.05) is 38.1 Å². The van der Waals surface area contributed by atoms with Gasteiger partial charge in [-0.2, -0.15) is 0 Å².